The number of nitrogens with one attached hydrogen (secondary N) is 1. The van der Waals surface area contributed by atoms with Crippen molar-refractivity contribution in [1.82, 2.24) is 10.2 Å². The summed E-state index contributed by atoms with van der Waals surface area (Å²) in [6, 6.07) is 0. The molecule has 1 heterocycles. The van der Waals surface area contributed by atoms with E-state index in [1.807, 2.05) is 11.9 Å². The van der Waals surface area contributed by atoms with Crippen molar-refractivity contribution < 1.29 is 9.53 Å². The lowest BCUT2D eigenvalue weighted by Gasteiger charge is -2.32. The zero-order chi connectivity index (χ0) is 12.8. The molecular formula is C14H27ClN2O2. The van der Waals surface area contributed by atoms with E-state index in [-0.39, 0.29) is 24.9 Å². The smallest absolute Gasteiger partial charge is 0.248 e. The molecule has 0 aromatic rings. The minimum atomic E-state index is 0. The lowest BCUT2D eigenvalue weighted by atomic mass is 9.93. The topological polar surface area (TPSA) is 41.6 Å². The predicted molar refractivity (Wildman–Crippen MR) is 78.6 cm³/mol. The molecule has 2 rings (SSSR count). The Bertz CT molecular complexity index is 264. The van der Waals surface area contributed by atoms with E-state index in [9.17, 15) is 4.79 Å². The number of carbonyl (C=O) groups is 1. The van der Waals surface area contributed by atoms with Crippen LogP contribution in [0.5, 0.6) is 0 Å². The first-order chi connectivity index (χ1) is 8.79. The van der Waals surface area contributed by atoms with Crippen LogP contribution in [0.1, 0.15) is 32.1 Å². The second-order valence-corrected chi connectivity index (χ2v) is 5.67. The molecule has 0 atom stereocenters. The van der Waals surface area contributed by atoms with Crippen molar-refractivity contribution in [3.63, 3.8) is 0 Å². The van der Waals surface area contributed by atoms with E-state index in [2.05, 4.69) is 5.32 Å². The molecule has 1 saturated carbocycles. The Hall–Kier alpha value is -0.320. The number of hydrogen-bond donors (Lipinski definition) is 1. The van der Waals surface area contributed by atoms with Crippen molar-refractivity contribution in [2.45, 2.75) is 32.1 Å². The van der Waals surface area contributed by atoms with Gasteiger partial charge in [-0.25, -0.2) is 0 Å². The van der Waals surface area contributed by atoms with Gasteiger partial charge in [-0.15, -0.1) is 12.4 Å². The van der Waals surface area contributed by atoms with Gasteiger partial charge in [-0.3, -0.25) is 4.79 Å². The monoisotopic (exact) mass is 290 g/mol. The minimum absolute atomic E-state index is 0. The Balaban J connectivity index is 0.00000180. The number of rotatable bonds is 7. The van der Waals surface area contributed by atoms with Crippen LogP contribution in [0.25, 0.3) is 0 Å². The van der Waals surface area contributed by atoms with Gasteiger partial charge in [-0.2, -0.15) is 0 Å². The third-order valence-electron chi connectivity index (χ3n) is 4.05. The molecule has 1 aliphatic heterocycles. The van der Waals surface area contributed by atoms with Crippen LogP contribution in [-0.2, 0) is 9.53 Å². The lowest BCUT2D eigenvalue weighted by molar-refractivity contribution is -0.137. The van der Waals surface area contributed by atoms with Gasteiger partial charge in [-0.1, -0.05) is 0 Å². The molecule has 0 aromatic carbocycles. The van der Waals surface area contributed by atoms with Gasteiger partial charge >= 0.3 is 0 Å². The zero-order valence-corrected chi connectivity index (χ0v) is 12.7. The Kier molecular flexibility index (Phi) is 7.73. The van der Waals surface area contributed by atoms with E-state index < -0.39 is 0 Å². The number of amides is 1. The lowest BCUT2D eigenvalue weighted by Crippen LogP contribution is -2.40. The van der Waals surface area contributed by atoms with E-state index in [1.54, 1.807) is 0 Å². The van der Waals surface area contributed by atoms with Crippen molar-refractivity contribution in [3.05, 3.63) is 0 Å². The Labute approximate surface area is 122 Å². The van der Waals surface area contributed by atoms with Gasteiger partial charge in [0, 0.05) is 13.1 Å². The van der Waals surface area contributed by atoms with Crippen LogP contribution in [0, 0.1) is 11.8 Å². The van der Waals surface area contributed by atoms with Crippen molar-refractivity contribution in [1.29, 1.82) is 0 Å². The fourth-order valence-corrected chi connectivity index (χ4v) is 2.51. The SMILES string of the molecule is CNCCC1CCN(C(=O)COCC2CC2)CC1.Cl. The van der Waals surface area contributed by atoms with Crippen LogP contribution in [0.3, 0.4) is 0 Å². The van der Waals surface area contributed by atoms with Gasteiger partial charge < -0.3 is 15.0 Å². The fraction of sp³-hybridized carbons (Fsp3) is 0.929. The zero-order valence-electron chi connectivity index (χ0n) is 11.9. The normalized spacial score (nSPS) is 20.2. The third kappa shape index (κ3) is 6.11. The van der Waals surface area contributed by atoms with Crippen molar-refractivity contribution in [2.24, 2.45) is 11.8 Å². The molecule has 0 radical (unpaired) electrons. The first-order valence-electron chi connectivity index (χ1n) is 7.29. The van der Waals surface area contributed by atoms with Crippen LogP contribution in [0.2, 0.25) is 0 Å². The number of carbonyl (C=O) groups excluding carboxylic acids is 1. The molecule has 0 spiro atoms. The number of ether oxygens (including phenoxy) is 1. The molecule has 1 amide bonds. The highest BCUT2D eigenvalue weighted by Crippen LogP contribution is 2.28. The van der Waals surface area contributed by atoms with Gasteiger partial charge in [0.15, 0.2) is 0 Å². The number of nitrogens with zero attached hydrogens (tertiary/aromatic N) is 1. The summed E-state index contributed by atoms with van der Waals surface area (Å²) in [5.41, 5.74) is 0. The summed E-state index contributed by atoms with van der Waals surface area (Å²) in [6.45, 7) is 3.99. The maximum absolute atomic E-state index is 11.9. The van der Waals surface area contributed by atoms with Gasteiger partial charge in [-0.05, 0) is 57.5 Å². The summed E-state index contributed by atoms with van der Waals surface area (Å²) < 4.78 is 5.46. The van der Waals surface area contributed by atoms with Crippen LogP contribution < -0.4 is 5.32 Å². The molecular weight excluding hydrogens is 264 g/mol. The highest BCUT2D eigenvalue weighted by atomic mass is 35.5. The molecule has 2 fully saturated rings. The third-order valence-corrected chi connectivity index (χ3v) is 4.05. The van der Waals surface area contributed by atoms with Crippen LogP contribution in [0.4, 0.5) is 0 Å². The van der Waals surface area contributed by atoms with Crippen molar-refractivity contribution in [2.75, 3.05) is 39.9 Å². The molecule has 0 bridgehead atoms. The molecule has 1 aliphatic carbocycles. The second-order valence-electron chi connectivity index (χ2n) is 5.67. The van der Waals surface area contributed by atoms with Crippen molar-refractivity contribution in [3.8, 4) is 0 Å². The van der Waals surface area contributed by atoms with Gasteiger partial charge in [0.2, 0.25) is 5.91 Å². The Morgan fingerprint density at radius 1 is 1.21 bits per heavy atom. The molecule has 5 heteroatoms. The first kappa shape index (κ1) is 16.7. The van der Waals surface area contributed by atoms with E-state index >= 15 is 0 Å². The van der Waals surface area contributed by atoms with Gasteiger partial charge in [0.1, 0.15) is 6.61 Å². The predicted octanol–water partition coefficient (Wildman–Crippen LogP) is 1.68. The molecule has 112 valence electrons. The van der Waals surface area contributed by atoms with Crippen LogP contribution in [0.15, 0.2) is 0 Å². The molecule has 4 nitrogen and oxygen atoms in total. The van der Waals surface area contributed by atoms with E-state index in [1.165, 1.54) is 19.3 Å². The summed E-state index contributed by atoms with van der Waals surface area (Å²) in [4.78, 5) is 13.9. The Morgan fingerprint density at radius 2 is 1.89 bits per heavy atom. The summed E-state index contributed by atoms with van der Waals surface area (Å²) in [5.74, 6) is 1.71. The Morgan fingerprint density at radius 3 is 2.47 bits per heavy atom. The molecule has 19 heavy (non-hydrogen) atoms. The standard InChI is InChI=1S/C14H26N2O2.ClH/c1-15-7-4-12-5-8-16(9-6-12)14(17)11-18-10-13-2-3-13;/h12-13,15H,2-11H2,1H3;1H. The largest absolute Gasteiger partial charge is 0.371 e. The van der Waals surface area contributed by atoms with Crippen LogP contribution >= 0.6 is 12.4 Å². The summed E-state index contributed by atoms with van der Waals surface area (Å²) in [6.07, 6.45) is 6.10. The molecule has 1 N–H and O–H groups in total. The number of hydrogen-bond acceptors (Lipinski definition) is 3. The van der Waals surface area contributed by atoms with Gasteiger partial charge in [0.25, 0.3) is 0 Å². The average Bonchev–Trinajstić information content (AvgIpc) is 3.21. The van der Waals surface area contributed by atoms with E-state index in [0.717, 1.165) is 50.9 Å². The quantitative estimate of drug-likeness (QED) is 0.776. The number of piperidine rings is 1. The number of halogens is 1. The second kappa shape index (κ2) is 8.77. The van der Waals surface area contributed by atoms with Gasteiger partial charge in [0.05, 0.1) is 6.61 Å². The van der Waals surface area contributed by atoms with E-state index in [4.69, 9.17) is 4.74 Å². The van der Waals surface area contributed by atoms with Crippen molar-refractivity contribution >= 4 is 18.3 Å². The highest BCUT2D eigenvalue weighted by molar-refractivity contribution is 5.85. The molecule has 2 aliphatic rings. The summed E-state index contributed by atoms with van der Waals surface area (Å²) in [5, 5.41) is 3.19. The summed E-state index contributed by atoms with van der Waals surface area (Å²) in [7, 11) is 2.00. The van der Waals surface area contributed by atoms with Crippen LogP contribution in [-0.4, -0.2) is 50.7 Å². The first-order valence-corrected chi connectivity index (χ1v) is 7.29. The van der Waals surface area contributed by atoms with E-state index in [0.29, 0.717) is 0 Å². The highest BCUT2D eigenvalue weighted by Gasteiger charge is 2.24. The molecule has 1 saturated heterocycles. The maximum atomic E-state index is 11.9. The average molecular weight is 291 g/mol. The maximum Gasteiger partial charge on any atom is 0.248 e. The molecule has 0 aromatic heterocycles. The minimum Gasteiger partial charge on any atom is -0.371 e. The fourth-order valence-electron chi connectivity index (χ4n) is 2.51. The molecule has 0 unspecified atom stereocenters. The number of likely N-dealkylation sites (tertiary alicyclic amines) is 1. The summed E-state index contributed by atoms with van der Waals surface area (Å²) >= 11 is 0.